The Morgan fingerprint density at radius 1 is 0.950 bits per heavy atom. The summed E-state index contributed by atoms with van der Waals surface area (Å²) in [7, 11) is 0. The molecule has 20 heavy (non-hydrogen) atoms. The molecule has 0 amide bonds. The van der Waals surface area contributed by atoms with E-state index in [1.807, 2.05) is 24.3 Å². The van der Waals surface area contributed by atoms with Gasteiger partial charge in [0.05, 0.1) is 17.3 Å². The number of aryl methyl sites for hydroxylation is 1. The first-order valence-electron chi connectivity index (χ1n) is 6.29. The lowest BCUT2D eigenvalue weighted by atomic mass is 10.1. The molecule has 2 nitrogen and oxygen atoms in total. The van der Waals surface area contributed by atoms with Crippen molar-refractivity contribution < 1.29 is 0 Å². The highest BCUT2D eigenvalue weighted by molar-refractivity contribution is 7.13. The van der Waals surface area contributed by atoms with Crippen molar-refractivity contribution in [3.8, 4) is 27.9 Å². The number of rotatable bonds is 2. The molecule has 0 aliphatic rings. The van der Waals surface area contributed by atoms with Crippen molar-refractivity contribution in [1.29, 1.82) is 5.26 Å². The molecule has 0 bridgehead atoms. The molecule has 0 aliphatic carbocycles. The lowest BCUT2D eigenvalue weighted by molar-refractivity contribution is 1.39. The second-order valence-corrected chi connectivity index (χ2v) is 5.45. The number of nitrogens with zero attached hydrogens (tertiary/aromatic N) is 2. The van der Waals surface area contributed by atoms with Gasteiger partial charge in [0.15, 0.2) is 0 Å². The van der Waals surface area contributed by atoms with Crippen LogP contribution in [0.1, 0.15) is 11.1 Å². The number of nitriles is 1. The fraction of sp³-hybridized carbons (Fsp3) is 0.0588. The first kappa shape index (κ1) is 12.6. The maximum Gasteiger partial charge on any atom is 0.124 e. The Balaban J connectivity index is 1.93. The highest BCUT2D eigenvalue weighted by Gasteiger charge is 2.06. The molecule has 0 fully saturated rings. The molecule has 3 aromatic rings. The maximum atomic E-state index is 8.81. The van der Waals surface area contributed by atoms with Crippen molar-refractivity contribution in [1.82, 2.24) is 4.98 Å². The van der Waals surface area contributed by atoms with Crippen LogP contribution in [0.4, 0.5) is 0 Å². The highest BCUT2D eigenvalue weighted by atomic mass is 32.1. The van der Waals surface area contributed by atoms with Crippen molar-refractivity contribution in [2.45, 2.75) is 6.92 Å². The molecular weight excluding hydrogens is 264 g/mol. The summed E-state index contributed by atoms with van der Waals surface area (Å²) in [6.45, 7) is 2.08. The van der Waals surface area contributed by atoms with E-state index in [9.17, 15) is 0 Å². The first-order chi connectivity index (χ1) is 9.76. The Morgan fingerprint density at radius 3 is 2.25 bits per heavy atom. The van der Waals surface area contributed by atoms with Gasteiger partial charge in [-0.3, -0.25) is 0 Å². The standard InChI is InChI=1S/C17H12N2S/c1-12-2-6-15(7-3-12)17-19-16(11-20-17)14-8-4-13(10-18)5-9-14/h2-9,11H,1H3. The summed E-state index contributed by atoms with van der Waals surface area (Å²) in [5.41, 5.74) is 5.05. The van der Waals surface area contributed by atoms with Crippen LogP contribution in [0, 0.1) is 18.3 Å². The zero-order chi connectivity index (χ0) is 13.9. The van der Waals surface area contributed by atoms with Crippen LogP contribution in [0.25, 0.3) is 21.8 Å². The Kier molecular flexibility index (Phi) is 3.32. The predicted octanol–water partition coefficient (Wildman–Crippen LogP) is 4.66. The van der Waals surface area contributed by atoms with E-state index in [1.165, 1.54) is 5.56 Å². The molecule has 3 rings (SSSR count). The monoisotopic (exact) mass is 276 g/mol. The van der Waals surface area contributed by atoms with Crippen molar-refractivity contribution in [2.75, 3.05) is 0 Å². The second kappa shape index (κ2) is 5.28. The lowest BCUT2D eigenvalue weighted by Gasteiger charge is -1.98. The van der Waals surface area contributed by atoms with E-state index in [1.54, 1.807) is 11.3 Å². The molecule has 0 saturated heterocycles. The van der Waals surface area contributed by atoms with Crippen LogP contribution < -0.4 is 0 Å². The molecule has 3 heteroatoms. The smallest absolute Gasteiger partial charge is 0.124 e. The van der Waals surface area contributed by atoms with E-state index in [0.717, 1.165) is 21.8 Å². The van der Waals surface area contributed by atoms with Crippen LogP contribution in [0.15, 0.2) is 53.9 Å². The molecule has 0 N–H and O–H groups in total. The van der Waals surface area contributed by atoms with E-state index in [-0.39, 0.29) is 0 Å². The number of hydrogen-bond acceptors (Lipinski definition) is 3. The van der Waals surface area contributed by atoms with E-state index in [0.29, 0.717) is 5.56 Å². The third kappa shape index (κ3) is 2.47. The van der Waals surface area contributed by atoms with Crippen molar-refractivity contribution in [3.05, 3.63) is 65.0 Å². The van der Waals surface area contributed by atoms with Gasteiger partial charge in [0.1, 0.15) is 5.01 Å². The summed E-state index contributed by atoms with van der Waals surface area (Å²) in [6, 6.07) is 18.0. The fourth-order valence-electron chi connectivity index (χ4n) is 1.95. The highest BCUT2D eigenvalue weighted by Crippen LogP contribution is 2.29. The van der Waals surface area contributed by atoms with E-state index in [2.05, 4.69) is 47.6 Å². The molecule has 0 radical (unpaired) electrons. The average molecular weight is 276 g/mol. The molecule has 0 atom stereocenters. The Morgan fingerprint density at radius 2 is 1.60 bits per heavy atom. The summed E-state index contributed by atoms with van der Waals surface area (Å²) in [5, 5.41) is 11.9. The third-order valence-corrected chi connectivity index (χ3v) is 4.00. The SMILES string of the molecule is Cc1ccc(-c2nc(-c3ccc(C#N)cc3)cs2)cc1. The second-order valence-electron chi connectivity index (χ2n) is 4.59. The molecule has 1 aromatic heterocycles. The minimum Gasteiger partial charge on any atom is -0.236 e. The van der Waals surface area contributed by atoms with E-state index < -0.39 is 0 Å². The molecule has 0 spiro atoms. The van der Waals surface area contributed by atoms with Gasteiger partial charge in [-0.25, -0.2) is 4.98 Å². The number of benzene rings is 2. The molecule has 1 heterocycles. The van der Waals surface area contributed by atoms with Crippen molar-refractivity contribution in [2.24, 2.45) is 0 Å². The minimum atomic E-state index is 0.669. The number of hydrogen-bond donors (Lipinski definition) is 0. The number of aromatic nitrogens is 1. The predicted molar refractivity (Wildman–Crippen MR) is 82.4 cm³/mol. The normalized spacial score (nSPS) is 10.2. The number of thiazole rings is 1. The van der Waals surface area contributed by atoms with Gasteiger partial charge in [0.2, 0.25) is 0 Å². The summed E-state index contributed by atoms with van der Waals surface area (Å²) in [6.07, 6.45) is 0. The van der Waals surface area contributed by atoms with Crippen molar-refractivity contribution >= 4 is 11.3 Å². The van der Waals surface area contributed by atoms with Gasteiger partial charge in [0.25, 0.3) is 0 Å². The molecular formula is C17H12N2S. The van der Waals surface area contributed by atoms with Gasteiger partial charge >= 0.3 is 0 Å². The van der Waals surface area contributed by atoms with Crippen LogP contribution in [0.2, 0.25) is 0 Å². The Bertz CT molecular complexity index is 762. The van der Waals surface area contributed by atoms with Crippen molar-refractivity contribution in [3.63, 3.8) is 0 Å². The van der Waals surface area contributed by atoms with Crippen LogP contribution in [-0.2, 0) is 0 Å². The van der Waals surface area contributed by atoms with Gasteiger partial charge in [-0.05, 0) is 19.1 Å². The van der Waals surface area contributed by atoms with E-state index in [4.69, 9.17) is 5.26 Å². The summed E-state index contributed by atoms with van der Waals surface area (Å²) in [4.78, 5) is 4.67. The van der Waals surface area contributed by atoms with Crippen LogP contribution in [-0.4, -0.2) is 4.98 Å². The largest absolute Gasteiger partial charge is 0.236 e. The maximum absolute atomic E-state index is 8.81. The average Bonchev–Trinajstić information content (AvgIpc) is 2.98. The summed E-state index contributed by atoms with van der Waals surface area (Å²) >= 11 is 1.64. The quantitative estimate of drug-likeness (QED) is 0.682. The molecule has 96 valence electrons. The van der Waals surface area contributed by atoms with Gasteiger partial charge < -0.3 is 0 Å². The zero-order valence-electron chi connectivity index (χ0n) is 11.0. The van der Waals surface area contributed by atoms with Gasteiger partial charge in [0, 0.05) is 16.5 Å². The molecule has 0 aliphatic heterocycles. The minimum absolute atomic E-state index is 0.669. The molecule has 0 saturated carbocycles. The molecule has 2 aromatic carbocycles. The van der Waals surface area contributed by atoms with Gasteiger partial charge in [-0.15, -0.1) is 11.3 Å². The zero-order valence-corrected chi connectivity index (χ0v) is 11.8. The van der Waals surface area contributed by atoms with Gasteiger partial charge in [-0.2, -0.15) is 5.26 Å². The molecule has 0 unspecified atom stereocenters. The third-order valence-electron chi connectivity index (χ3n) is 3.11. The van der Waals surface area contributed by atoms with Crippen LogP contribution >= 0.6 is 11.3 Å². The Labute approximate surface area is 122 Å². The first-order valence-corrected chi connectivity index (χ1v) is 7.17. The fourth-order valence-corrected chi connectivity index (χ4v) is 2.79. The van der Waals surface area contributed by atoms with Crippen LogP contribution in [0.5, 0.6) is 0 Å². The van der Waals surface area contributed by atoms with E-state index >= 15 is 0 Å². The summed E-state index contributed by atoms with van der Waals surface area (Å²) in [5.74, 6) is 0. The van der Waals surface area contributed by atoms with Crippen LogP contribution in [0.3, 0.4) is 0 Å². The Hall–Kier alpha value is -2.44. The topological polar surface area (TPSA) is 36.7 Å². The lowest BCUT2D eigenvalue weighted by Crippen LogP contribution is -1.81. The summed E-state index contributed by atoms with van der Waals surface area (Å²) < 4.78 is 0. The van der Waals surface area contributed by atoms with Gasteiger partial charge in [-0.1, -0.05) is 42.0 Å².